The van der Waals surface area contributed by atoms with E-state index in [0.29, 0.717) is 37.4 Å². The highest BCUT2D eigenvalue weighted by Crippen LogP contribution is 2.47. The highest BCUT2D eigenvalue weighted by molar-refractivity contribution is 6.23. The van der Waals surface area contributed by atoms with Gasteiger partial charge < -0.3 is 9.64 Å². The molecule has 0 aliphatic carbocycles. The van der Waals surface area contributed by atoms with E-state index in [2.05, 4.69) is 10.8 Å². The van der Waals surface area contributed by atoms with E-state index in [4.69, 9.17) is 11.2 Å². The van der Waals surface area contributed by atoms with Crippen LogP contribution in [0.1, 0.15) is 37.7 Å². The van der Waals surface area contributed by atoms with Gasteiger partial charge in [-0.15, -0.1) is 12.3 Å². The smallest absolute Gasteiger partial charge is 0.415 e. The van der Waals surface area contributed by atoms with Crippen LogP contribution in [-0.2, 0) is 9.53 Å². The minimum absolute atomic E-state index is 0.0843. The van der Waals surface area contributed by atoms with E-state index in [9.17, 15) is 9.59 Å². The summed E-state index contributed by atoms with van der Waals surface area (Å²) >= 11 is 0. The Morgan fingerprint density at radius 2 is 2.00 bits per heavy atom. The summed E-state index contributed by atoms with van der Waals surface area (Å²) in [6.45, 7) is 1.65. The Morgan fingerprint density at radius 3 is 2.69 bits per heavy atom. The lowest BCUT2D eigenvalue weighted by Gasteiger charge is -2.46. The first-order valence-corrected chi connectivity index (χ1v) is 9.15. The highest BCUT2D eigenvalue weighted by atomic mass is 16.6. The Hall–Kier alpha value is -2.74. The summed E-state index contributed by atoms with van der Waals surface area (Å²) in [4.78, 5) is 29.5. The fourth-order valence-corrected chi connectivity index (χ4v) is 4.51. The van der Waals surface area contributed by atoms with E-state index in [-0.39, 0.29) is 17.4 Å². The molecular weight excluding hydrogens is 328 g/mol. The summed E-state index contributed by atoms with van der Waals surface area (Å²) in [7, 11) is 0. The molecule has 4 rings (SSSR count). The molecule has 1 aromatic carbocycles. The number of nitrogens with zero attached hydrogens (tertiary/aromatic N) is 2. The zero-order valence-corrected chi connectivity index (χ0v) is 14.7. The van der Waals surface area contributed by atoms with Crippen LogP contribution in [0.5, 0.6) is 0 Å². The predicted octanol–water partition coefficient (Wildman–Crippen LogP) is 3.03. The maximum atomic E-state index is 13.3. The monoisotopic (exact) mass is 350 g/mol. The number of fused-ring (bicyclic) bond motifs is 1. The first-order valence-electron chi connectivity index (χ1n) is 9.15. The molecule has 1 amide bonds. The summed E-state index contributed by atoms with van der Waals surface area (Å²) in [5.74, 6) is 3.51. The van der Waals surface area contributed by atoms with Crippen LogP contribution in [0, 0.1) is 12.3 Å². The molecule has 2 fully saturated rings. The van der Waals surface area contributed by atoms with Gasteiger partial charge in [-0.25, -0.2) is 4.79 Å². The predicted molar refractivity (Wildman–Crippen MR) is 97.8 cm³/mol. The number of ether oxygens (including phenoxy) is 1. The van der Waals surface area contributed by atoms with Crippen molar-refractivity contribution in [1.82, 2.24) is 9.80 Å². The number of carbonyl (C=O) groups excluding carboxylic acids is 2. The van der Waals surface area contributed by atoms with E-state index >= 15 is 0 Å². The number of hydrogen-bond acceptors (Lipinski definition) is 4. The van der Waals surface area contributed by atoms with Gasteiger partial charge in [0.2, 0.25) is 0 Å². The third-order valence-electron chi connectivity index (χ3n) is 5.66. The first-order chi connectivity index (χ1) is 12.7. The van der Waals surface area contributed by atoms with E-state index < -0.39 is 0 Å². The number of Topliss-reactive ketones (excluding diaryl/α,β-unsaturated/α-hetero) is 1. The molecule has 1 atom stereocenters. The van der Waals surface area contributed by atoms with Gasteiger partial charge in [0, 0.05) is 24.9 Å². The Bertz CT molecular complexity index is 808. The molecule has 3 heterocycles. The molecule has 0 spiro atoms. The van der Waals surface area contributed by atoms with Crippen LogP contribution in [-0.4, -0.2) is 46.9 Å². The molecule has 2 saturated heterocycles. The van der Waals surface area contributed by atoms with Crippen LogP contribution in [0.25, 0.3) is 5.57 Å². The Labute approximate surface area is 153 Å². The average Bonchev–Trinajstić information content (AvgIpc) is 3.26. The van der Waals surface area contributed by atoms with E-state index in [1.165, 1.54) is 0 Å². The van der Waals surface area contributed by atoms with Gasteiger partial charge in [0.25, 0.3) is 0 Å². The molecular formula is C21H22N2O3. The third kappa shape index (κ3) is 2.57. The summed E-state index contributed by atoms with van der Waals surface area (Å²) in [5.41, 5.74) is 1.20. The van der Waals surface area contributed by atoms with Gasteiger partial charge >= 0.3 is 6.09 Å². The molecule has 134 valence electrons. The van der Waals surface area contributed by atoms with E-state index in [0.717, 1.165) is 31.4 Å². The zero-order chi connectivity index (χ0) is 18.1. The zero-order valence-electron chi connectivity index (χ0n) is 14.7. The normalized spacial score (nSPS) is 25.3. The topological polar surface area (TPSA) is 49.9 Å². The van der Waals surface area contributed by atoms with Crippen molar-refractivity contribution in [2.75, 3.05) is 19.7 Å². The number of rotatable bonds is 4. The number of allylic oxidation sites excluding steroid dienone is 1. The van der Waals surface area contributed by atoms with E-state index in [1.54, 1.807) is 4.90 Å². The van der Waals surface area contributed by atoms with Gasteiger partial charge in [0.1, 0.15) is 12.4 Å². The standard InChI is InChI=1S/C21H22N2O3/c1-2-3-10-21-11-7-12-23(21)19(22-13-14-26-20(22)25)18(17(24)15-21)16-8-5-4-6-9-16/h1,4-6,8-9H,3,7,10-15H2/t21-/m1/s1. The van der Waals surface area contributed by atoms with Crippen molar-refractivity contribution in [3.63, 3.8) is 0 Å². The number of amides is 1. The van der Waals surface area contributed by atoms with Crippen LogP contribution < -0.4 is 0 Å². The maximum Gasteiger partial charge on any atom is 0.415 e. The lowest BCUT2D eigenvalue weighted by atomic mass is 9.79. The molecule has 5 nitrogen and oxygen atoms in total. The Balaban J connectivity index is 1.88. The van der Waals surface area contributed by atoms with Gasteiger partial charge in [-0.2, -0.15) is 0 Å². The minimum atomic E-state index is -0.374. The molecule has 0 N–H and O–H groups in total. The van der Waals surface area contributed by atoms with Crippen molar-refractivity contribution in [1.29, 1.82) is 0 Å². The van der Waals surface area contributed by atoms with Crippen LogP contribution in [0.15, 0.2) is 36.2 Å². The second kappa shape index (κ2) is 6.53. The lowest BCUT2D eigenvalue weighted by molar-refractivity contribution is -0.117. The summed E-state index contributed by atoms with van der Waals surface area (Å²) in [6.07, 6.45) is 8.90. The van der Waals surface area contributed by atoms with Gasteiger partial charge in [-0.05, 0) is 24.8 Å². The second-order valence-corrected chi connectivity index (χ2v) is 7.11. The maximum absolute atomic E-state index is 13.3. The largest absolute Gasteiger partial charge is 0.447 e. The molecule has 0 radical (unpaired) electrons. The van der Waals surface area contributed by atoms with E-state index in [1.807, 2.05) is 30.3 Å². The van der Waals surface area contributed by atoms with Crippen LogP contribution in [0.2, 0.25) is 0 Å². The Kier molecular flexibility index (Phi) is 4.20. The average molecular weight is 350 g/mol. The van der Waals surface area contributed by atoms with Crippen LogP contribution in [0.3, 0.4) is 0 Å². The quantitative estimate of drug-likeness (QED) is 0.783. The number of ketones is 1. The van der Waals surface area contributed by atoms with Crippen LogP contribution >= 0.6 is 0 Å². The fraction of sp³-hybridized carbons (Fsp3) is 0.429. The summed E-state index contributed by atoms with van der Waals surface area (Å²) in [6, 6.07) is 9.62. The number of benzene rings is 1. The molecule has 0 bridgehead atoms. The molecule has 3 aliphatic rings. The number of carbonyl (C=O) groups is 2. The van der Waals surface area contributed by atoms with Gasteiger partial charge in [0.05, 0.1) is 12.1 Å². The fourth-order valence-electron chi connectivity index (χ4n) is 4.51. The number of hydrogen-bond donors (Lipinski definition) is 0. The highest BCUT2D eigenvalue weighted by Gasteiger charge is 2.50. The number of terminal acetylenes is 1. The summed E-state index contributed by atoms with van der Waals surface area (Å²) < 4.78 is 5.18. The minimum Gasteiger partial charge on any atom is -0.447 e. The molecule has 0 saturated carbocycles. The van der Waals surface area contributed by atoms with Gasteiger partial charge in [-0.1, -0.05) is 30.3 Å². The van der Waals surface area contributed by atoms with Crippen molar-refractivity contribution >= 4 is 17.4 Å². The summed E-state index contributed by atoms with van der Waals surface area (Å²) in [5, 5.41) is 0. The van der Waals surface area contributed by atoms with Gasteiger partial charge in [0.15, 0.2) is 5.78 Å². The molecule has 0 aromatic heterocycles. The second-order valence-electron chi connectivity index (χ2n) is 7.11. The van der Waals surface area contributed by atoms with Crippen molar-refractivity contribution in [2.45, 2.75) is 37.6 Å². The van der Waals surface area contributed by atoms with Crippen molar-refractivity contribution in [3.8, 4) is 12.3 Å². The molecule has 5 heteroatoms. The lowest BCUT2D eigenvalue weighted by Crippen LogP contribution is -2.53. The molecule has 0 unspecified atom stereocenters. The van der Waals surface area contributed by atoms with Crippen molar-refractivity contribution in [2.24, 2.45) is 0 Å². The SMILES string of the molecule is C#CCC[C@]12CCCN1C(N1CCOC1=O)=C(c1ccccc1)C(=O)C2. The molecule has 26 heavy (non-hydrogen) atoms. The third-order valence-corrected chi connectivity index (χ3v) is 5.66. The first kappa shape index (κ1) is 16.7. The number of cyclic esters (lactones) is 1. The van der Waals surface area contributed by atoms with Crippen molar-refractivity contribution in [3.05, 3.63) is 41.7 Å². The molecule has 3 aliphatic heterocycles. The van der Waals surface area contributed by atoms with Crippen LogP contribution in [0.4, 0.5) is 4.79 Å². The Morgan fingerprint density at radius 1 is 1.19 bits per heavy atom. The molecule has 1 aromatic rings. The van der Waals surface area contributed by atoms with Gasteiger partial charge in [-0.3, -0.25) is 9.69 Å². The van der Waals surface area contributed by atoms with Crippen molar-refractivity contribution < 1.29 is 14.3 Å².